The van der Waals surface area contributed by atoms with E-state index in [1.165, 1.54) is 49.7 Å². The van der Waals surface area contributed by atoms with Crippen LogP contribution in [0.1, 0.15) is 155 Å². The Hall–Kier alpha value is -2.60. The molecule has 2 unspecified atom stereocenters. The minimum Gasteiger partial charge on any atom is -0.199 e. The molecule has 0 radical (unpaired) electrons. The van der Waals surface area contributed by atoms with Gasteiger partial charge in [-0.25, -0.2) is 0 Å². The summed E-state index contributed by atoms with van der Waals surface area (Å²) in [6.45, 7) is 33.2. The van der Waals surface area contributed by atoms with Gasteiger partial charge in [0.05, 0.1) is 0 Å². The Morgan fingerprint density at radius 3 is 1.15 bits per heavy atom. The normalized spacial score (nSPS) is 19.5. The van der Waals surface area contributed by atoms with Crippen LogP contribution in [0, 0.1) is 13.8 Å². The van der Waals surface area contributed by atoms with Crippen LogP contribution in [0.3, 0.4) is 0 Å². The first kappa shape index (κ1) is 49.1. The second-order valence-electron chi connectivity index (χ2n) is 20.2. The first-order valence-electron chi connectivity index (χ1n) is 21.4. The van der Waals surface area contributed by atoms with E-state index in [2.05, 4.69) is 121 Å². The van der Waals surface area contributed by atoms with E-state index in [1.807, 2.05) is 60.7 Å². The van der Waals surface area contributed by atoms with E-state index in [9.17, 15) is 10.2 Å². The SMILES string of the molecule is CC(C)(C)Oc1cc(C(C)(C)C)cc(C[S]2=[Zr]=[S@@](Cc3cc(C(C)(C)C)cc(OC(C)(C)C)c3O)C3CCCCCC[C@@H]32)c1O.[CH2-]c1ccccc1.[CH2-]c1ccccc1. The van der Waals surface area contributed by atoms with Gasteiger partial charge in [0.25, 0.3) is 0 Å². The summed E-state index contributed by atoms with van der Waals surface area (Å²) in [7, 11) is 0.619. The topological polar surface area (TPSA) is 58.9 Å². The zero-order valence-corrected chi connectivity index (χ0v) is 42.4. The summed E-state index contributed by atoms with van der Waals surface area (Å²) in [6, 6.07) is 28.4. The first-order chi connectivity index (χ1) is 27.4. The Kier molecular flexibility index (Phi) is 17.4. The predicted octanol–water partition coefficient (Wildman–Crippen LogP) is 15.0. The van der Waals surface area contributed by atoms with Crippen molar-refractivity contribution in [2.24, 2.45) is 0 Å². The van der Waals surface area contributed by atoms with Gasteiger partial charge in [0.1, 0.15) is 0 Å². The molecule has 2 aliphatic rings. The van der Waals surface area contributed by atoms with E-state index in [4.69, 9.17) is 9.47 Å². The zero-order valence-electron chi connectivity index (χ0n) is 38.3. The molecule has 4 atom stereocenters. The van der Waals surface area contributed by atoms with Gasteiger partial charge in [-0.1, -0.05) is 12.1 Å². The monoisotopic (exact) mass is 916 g/mol. The van der Waals surface area contributed by atoms with Crippen molar-refractivity contribution in [2.45, 2.75) is 166 Å². The van der Waals surface area contributed by atoms with Crippen LogP contribution < -0.4 is 9.47 Å². The van der Waals surface area contributed by atoms with Gasteiger partial charge < -0.3 is 0 Å². The largest absolute Gasteiger partial charge is 0.199 e. The molecule has 4 aromatic rings. The minimum atomic E-state index is -0.860. The van der Waals surface area contributed by atoms with Crippen LogP contribution in [0.5, 0.6) is 23.0 Å². The van der Waals surface area contributed by atoms with E-state index in [-0.39, 0.29) is 22.0 Å². The van der Waals surface area contributed by atoms with Crippen molar-refractivity contribution < 1.29 is 38.8 Å². The molecule has 0 saturated heterocycles. The van der Waals surface area contributed by atoms with Crippen molar-refractivity contribution in [3.05, 3.63) is 132 Å². The zero-order chi connectivity index (χ0) is 43.8. The molecule has 2 N–H and O–H groups in total. The second-order valence-corrected chi connectivity index (χ2v) is 35.8. The van der Waals surface area contributed by atoms with Gasteiger partial charge in [0.15, 0.2) is 0 Å². The van der Waals surface area contributed by atoms with Crippen LogP contribution in [-0.2, 0) is 41.5 Å². The Morgan fingerprint density at radius 1 is 0.542 bits per heavy atom. The van der Waals surface area contributed by atoms with Gasteiger partial charge in [-0.05, 0) is 0 Å². The Balaban J connectivity index is 0.000000459. The molecule has 324 valence electrons. The molecular weight excluding hydrogens is 844 g/mol. The number of aromatic hydroxyl groups is 2. The number of fused-ring (bicyclic) bond motifs is 1. The molecule has 0 aromatic heterocycles. The van der Waals surface area contributed by atoms with Crippen LogP contribution in [0.25, 0.3) is 0 Å². The molecule has 0 spiro atoms. The molecule has 1 aliphatic carbocycles. The van der Waals surface area contributed by atoms with Crippen molar-refractivity contribution in [3.63, 3.8) is 0 Å². The molecule has 6 rings (SSSR count). The van der Waals surface area contributed by atoms with Crippen LogP contribution >= 0.6 is 14.2 Å². The number of ether oxygens (including phenoxy) is 2. The molecule has 7 heteroatoms. The molecule has 1 aliphatic heterocycles. The number of benzene rings is 4. The fourth-order valence-electron chi connectivity index (χ4n) is 7.13. The number of phenolic OH excluding ortho intramolecular Hbond substituents is 2. The summed E-state index contributed by atoms with van der Waals surface area (Å²) in [5.41, 5.74) is 5.93. The van der Waals surface area contributed by atoms with Crippen LogP contribution in [0.4, 0.5) is 0 Å². The number of rotatable bonds is 6. The molecule has 1 saturated carbocycles. The Bertz CT molecular complexity index is 1900. The molecule has 0 bridgehead atoms. The third kappa shape index (κ3) is 15.7. The summed E-state index contributed by atoms with van der Waals surface area (Å²) >= 11 is -0.860. The second kappa shape index (κ2) is 21.0. The summed E-state index contributed by atoms with van der Waals surface area (Å²) in [6.07, 6.45) is 7.96. The molecule has 0 amide bonds. The Labute approximate surface area is 371 Å². The first-order valence-corrected chi connectivity index (χ1v) is 30.4. The average molecular weight is 919 g/mol. The summed E-state index contributed by atoms with van der Waals surface area (Å²) < 4.78 is 12.7. The van der Waals surface area contributed by atoms with Gasteiger partial charge in [-0.2, -0.15) is 49.2 Å². The minimum absolute atomic E-state index is 0.0350. The van der Waals surface area contributed by atoms with E-state index in [1.54, 1.807) is 0 Å². The van der Waals surface area contributed by atoms with E-state index in [0.29, 0.717) is 37.2 Å². The van der Waals surface area contributed by atoms with Crippen molar-refractivity contribution >= 4 is 14.2 Å². The number of hydrogen-bond donors (Lipinski definition) is 2. The van der Waals surface area contributed by atoms with Gasteiger partial charge in [0, 0.05) is 0 Å². The van der Waals surface area contributed by atoms with Crippen molar-refractivity contribution in [1.29, 1.82) is 0 Å². The van der Waals surface area contributed by atoms with Crippen molar-refractivity contribution in [3.8, 4) is 23.0 Å². The summed E-state index contributed by atoms with van der Waals surface area (Å²) in [4.78, 5) is 0. The van der Waals surface area contributed by atoms with Crippen LogP contribution in [0.15, 0.2) is 84.9 Å². The summed E-state index contributed by atoms with van der Waals surface area (Å²) in [5, 5.41) is 24.7. The predicted molar refractivity (Wildman–Crippen MR) is 254 cm³/mol. The fraction of sp³-hybridized carbons (Fsp3) is 0.500. The molecule has 1 fully saturated rings. The smallest absolute Gasteiger partial charge is 0.0866 e. The average Bonchev–Trinajstić information content (AvgIpc) is 3.40. The molecule has 59 heavy (non-hydrogen) atoms. The van der Waals surface area contributed by atoms with Gasteiger partial charge in [0.2, 0.25) is 0 Å². The van der Waals surface area contributed by atoms with Crippen LogP contribution in [-0.4, -0.2) is 31.9 Å². The van der Waals surface area contributed by atoms with Gasteiger partial charge in [-0.15, -0.1) is 24.3 Å². The maximum atomic E-state index is 11.6. The van der Waals surface area contributed by atoms with Crippen LogP contribution in [0.2, 0.25) is 0 Å². The standard InChI is InChI=1S/C38H60O4S2.2C7H7.Zr/c1-35(2,3)27-19-25(33(39)29(21-27)41-37(7,8)9)23-43-31-17-15-13-14-16-18-32(31)44-24-26-20-28(36(4,5)6)22-30(34(26)40)42-38(10,11)12;2*1-7-5-3-2-4-6-7;/h19-22,31-32,39-40H,13-18,23-24H2,1-12H3;2*2-6H,1H2;/q;2*-1;/t31-,32?;;;/m0.../s1. The van der Waals surface area contributed by atoms with Crippen molar-refractivity contribution in [1.82, 2.24) is 0 Å². The molecule has 4 aromatic carbocycles. The van der Waals surface area contributed by atoms with E-state index in [0.717, 1.165) is 44.3 Å². The van der Waals surface area contributed by atoms with Crippen molar-refractivity contribution in [2.75, 3.05) is 0 Å². The van der Waals surface area contributed by atoms with Gasteiger partial charge in [-0.3, -0.25) is 0 Å². The van der Waals surface area contributed by atoms with E-state index < -0.39 is 19.2 Å². The number of phenols is 2. The molecule has 4 nitrogen and oxygen atoms in total. The third-order valence-electron chi connectivity index (χ3n) is 10.3. The third-order valence-corrected chi connectivity index (χ3v) is 32.1. The Morgan fingerprint density at radius 2 is 0.881 bits per heavy atom. The molecule has 1 heterocycles. The molecular formula is C52H74O4S2Zr-2. The van der Waals surface area contributed by atoms with E-state index >= 15 is 0 Å². The number of hydrogen-bond acceptors (Lipinski definition) is 4. The maximum Gasteiger partial charge on any atom is -0.0866 e. The maximum absolute atomic E-state index is 11.6. The summed E-state index contributed by atoms with van der Waals surface area (Å²) in [5.74, 6) is 3.89. The fourth-order valence-corrected chi connectivity index (χ4v) is 36.0. The van der Waals surface area contributed by atoms with Gasteiger partial charge >= 0.3 is 288 Å². The quantitative estimate of drug-likeness (QED) is 0.189.